The van der Waals surface area contributed by atoms with Crippen molar-refractivity contribution < 1.29 is 4.79 Å². The van der Waals surface area contributed by atoms with Crippen LogP contribution in [0.5, 0.6) is 0 Å². The Bertz CT molecular complexity index is 606. The zero-order chi connectivity index (χ0) is 13.2. The summed E-state index contributed by atoms with van der Waals surface area (Å²) in [5, 5.41) is 6.71. The number of fused-ring (bicyclic) bond motifs is 1. The molecule has 5 heteroatoms. The highest BCUT2D eigenvalue weighted by Crippen LogP contribution is 2.26. The molecule has 0 saturated carbocycles. The number of nitrogens with one attached hydrogen (secondary N) is 2. The normalized spacial score (nSPS) is 15.8. The Balaban J connectivity index is 0.00000147. The zero-order valence-electron chi connectivity index (χ0n) is 10.6. The number of para-hydroxylation sites is 1. The average molecular weight is 309 g/mol. The Morgan fingerprint density at radius 2 is 2.00 bits per heavy atom. The van der Waals surface area contributed by atoms with Gasteiger partial charge in [0, 0.05) is 22.8 Å². The van der Waals surface area contributed by atoms with Crippen LogP contribution >= 0.6 is 24.0 Å². The van der Waals surface area contributed by atoms with Crippen molar-refractivity contribution >= 4 is 41.3 Å². The quantitative estimate of drug-likeness (QED) is 0.887. The molecule has 0 radical (unpaired) electrons. The number of carbonyl (C=O) groups excluding carboxylic acids is 1. The fraction of sp³-hybridized carbons (Fsp3) is 0.133. The van der Waals surface area contributed by atoms with Gasteiger partial charge in [0.2, 0.25) is 5.91 Å². The molecule has 1 amide bonds. The lowest BCUT2D eigenvalue weighted by atomic mass is 10.1. The highest BCUT2D eigenvalue weighted by atomic mass is 35.5. The third kappa shape index (κ3) is 3.06. The molecule has 0 saturated heterocycles. The Labute approximate surface area is 128 Å². The van der Waals surface area contributed by atoms with Gasteiger partial charge in [-0.25, -0.2) is 0 Å². The summed E-state index contributed by atoms with van der Waals surface area (Å²) in [5.41, 5.74) is 2.93. The van der Waals surface area contributed by atoms with Crippen LogP contribution in [0.2, 0.25) is 5.02 Å². The predicted octanol–water partition coefficient (Wildman–Crippen LogP) is 3.74. The maximum Gasteiger partial charge on any atom is 0.247 e. The lowest BCUT2D eigenvalue weighted by Gasteiger charge is -2.12. The first-order valence-corrected chi connectivity index (χ1v) is 6.51. The molecule has 0 fully saturated rings. The van der Waals surface area contributed by atoms with Crippen molar-refractivity contribution in [3.05, 3.63) is 59.1 Å². The highest BCUT2D eigenvalue weighted by molar-refractivity contribution is 6.30. The predicted molar refractivity (Wildman–Crippen MR) is 84.9 cm³/mol. The topological polar surface area (TPSA) is 41.1 Å². The van der Waals surface area contributed by atoms with E-state index in [-0.39, 0.29) is 24.4 Å². The van der Waals surface area contributed by atoms with Crippen molar-refractivity contribution in [2.24, 2.45) is 0 Å². The van der Waals surface area contributed by atoms with Crippen molar-refractivity contribution in [2.45, 2.75) is 12.5 Å². The molecule has 3 nitrogen and oxygen atoms in total. The minimum Gasteiger partial charge on any atom is -0.373 e. The van der Waals surface area contributed by atoms with E-state index in [2.05, 4.69) is 10.6 Å². The van der Waals surface area contributed by atoms with E-state index in [9.17, 15) is 4.79 Å². The van der Waals surface area contributed by atoms with Crippen LogP contribution in [-0.4, -0.2) is 11.9 Å². The van der Waals surface area contributed by atoms with Crippen molar-refractivity contribution in [1.82, 2.24) is 0 Å². The van der Waals surface area contributed by atoms with E-state index in [1.807, 2.05) is 36.4 Å². The van der Waals surface area contributed by atoms with Gasteiger partial charge in [0.05, 0.1) is 0 Å². The largest absolute Gasteiger partial charge is 0.373 e. The summed E-state index contributed by atoms with van der Waals surface area (Å²) in [6.07, 6.45) is 0.711. The Morgan fingerprint density at radius 1 is 1.20 bits per heavy atom. The van der Waals surface area contributed by atoms with E-state index in [0.717, 1.165) is 11.4 Å². The zero-order valence-corrected chi connectivity index (χ0v) is 12.2. The van der Waals surface area contributed by atoms with Gasteiger partial charge >= 0.3 is 0 Å². The Hall–Kier alpha value is -1.71. The standard InChI is InChI=1S/C15H13ClN2O.ClH/c16-11-5-3-6-12(9-11)17-15(19)14-8-10-4-1-2-7-13(10)18-14;/h1-7,9,14,18H,8H2,(H,17,19);1H. The second-order valence-electron chi connectivity index (χ2n) is 4.56. The monoisotopic (exact) mass is 308 g/mol. The van der Waals surface area contributed by atoms with Crippen LogP contribution in [0.25, 0.3) is 0 Å². The minimum absolute atomic E-state index is 0. The summed E-state index contributed by atoms with van der Waals surface area (Å²) < 4.78 is 0. The van der Waals surface area contributed by atoms with Crippen LogP contribution in [0.3, 0.4) is 0 Å². The first-order chi connectivity index (χ1) is 9.22. The summed E-state index contributed by atoms with van der Waals surface area (Å²) in [7, 11) is 0. The van der Waals surface area contributed by atoms with Gasteiger partial charge in [0.15, 0.2) is 0 Å². The van der Waals surface area contributed by atoms with Gasteiger partial charge in [-0.2, -0.15) is 0 Å². The van der Waals surface area contributed by atoms with E-state index in [0.29, 0.717) is 11.4 Å². The van der Waals surface area contributed by atoms with Crippen LogP contribution in [-0.2, 0) is 11.2 Å². The minimum atomic E-state index is -0.226. The first kappa shape index (κ1) is 14.7. The number of amides is 1. The highest BCUT2D eigenvalue weighted by Gasteiger charge is 2.26. The second kappa shape index (κ2) is 6.16. The van der Waals surface area contributed by atoms with Crippen LogP contribution in [0, 0.1) is 0 Å². The number of hydrogen-bond donors (Lipinski definition) is 2. The molecule has 1 heterocycles. The van der Waals surface area contributed by atoms with Gasteiger partial charge in [0.1, 0.15) is 6.04 Å². The number of carbonyl (C=O) groups is 1. The molecule has 2 aromatic rings. The van der Waals surface area contributed by atoms with Gasteiger partial charge in [-0.05, 0) is 29.8 Å². The van der Waals surface area contributed by atoms with Crippen molar-refractivity contribution in [3.63, 3.8) is 0 Å². The molecule has 0 aromatic heterocycles. The number of benzene rings is 2. The fourth-order valence-electron chi connectivity index (χ4n) is 2.25. The maximum atomic E-state index is 12.2. The SMILES string of the molecule is Cl.O=C(Nc1cccc(Cl)c1)C1Cc2ccccc2N1. The number of hydrogen-bond acceptors (Lipinski definition) is 2. The fourth-order valence-corrected chi connectivity index (χ4v) is 2.44. The molecular weight excluding hydrogens is 295 g/mol. The molecule has 1 unspecified atom stereocenters. The van der Waals surface area contributed by atoms with Crippen molar-refractivity contribution in [1.29, 1.82) is 0 Å². The molecule has 0 spiro atoms. The van der Waals surface area contributed by atoms with E-state index >= 15 is 0 Å². The number of halogens is 2. The lowest BCUT2D eigenvalue weighted by molar-refractivity contribution is -0.116. The first-order valence-electron chi connectivity index (χ1n) is 6.13. The molecule has 3 rings (SSSR count). The van der Waals surface area contributed by atoms with Gasteiger partial charge in [-0.1, -0.05) is 35.9 Å². The second-order valence-corrected chi connectivity index (χ2v) is 4.99. The molecule has 104 valence electrons. The van der Waals surface area contributed by atoms with E-state index < -0.39 is 0 Å². The third-order valence-electron chi connectivity index (χ3n) is 3.18. The number of anilines is 2. The molecule has 2 N–H and O–H groups in total. The average Bonchev–Trinajstić information content (AvgIpc) is 2.82. The van der Waals surface area contributed by atoms with E-state index in [1.165, 1.54) is 5.56 Å². The van der Waals surface area contributed by atoms with Gasteiger partial charge < -0.3 is 10.6 Å². The molecule has 0 bridgehead atoms. The van der Waals surface area contributed by atoms with E-state index in [1.54, 1.807) is 12.1 Å². The van der Waals surface area contributed by atoms with Crippen LogP contribution in [0.1, 0.15) is 5.56 Å². The molecular formula is C15H14Cl2N2O. The van der Waals surface area contributed by atoms with E-state index in [4.69, 9.17) is 11.6 Å². The number of rotatable bonds is 2. The molecule has 20 heavy (non-hydrogen) atoms. The summed E-state index contributed by atoms with van der Waals surface area (Å²) >= 11 is 5.89. The Morgan fingerprint density at radius 3 is 2.75 bits per heavy atom. The lowest BCUT2D eigenvalue weighted by Crippen LogP contribution is -2.32. The molecule has 1 aliphatic heterocycles. The molecule has 1 atom stereocenters. The van der Waals surface area contributed by atoms with Gasteiger partial charge in [-0.3, -0.25) is 4.79 Å². The summed E-state index contributed by atoms with van der Waals surface area (Å²) in [4.78, 5) is 12.2. The smallest absolute Gasteiger partial charge is 0.247 e. The van der Waals surface area contributed by atoms with Crippen molar-refractivity contribution in [2.75, 3.05) is 10.6 Å². The van der Waals surface area contributed by atoms with Gasteiger partial charge in [0.25, 0.3) is 0 Å². The summed E-state index contributed by atoms with van der Waals surface area (Å²) in [6, 6.07) is 14.9. The summed E-state index contributed by atoms with van der Waals surface area (Å²) in [5.74, 6) is -0.0431. The van der Waals surface area contributed by atoms with Crippen LogP contribution < -0.4 is 10.6 Å². The van der Waals surface area contributed by atoms with Gasteiger partial charge in [-0.15, -0.1) is 12.4 Å². The Kier molecular flexibility index (Phi) is 4.53. The summed E-state index contributed by atoms with van der Waals surface area (Å²) in [6.45, 7) is 0. The molecule has 0 aliphatic carbocycles. The molecule has 1 aliphatic rings. The maximum absolute atomic E-state index is 12.2. The molecule has 2 aromatic carbocycles. The third-order valence-corrected chi connectivity index (χ3v) is 3.41. The van der Waals surface area contributed by atoms with Crippen molar-refractivity contribution in [3.8, 4) is 0 Å². The van der Waals surface area contributed by atoms with Crippen LogP contribution in [0.15, 0.2) is 48.5 Å². The van der Waals surface area contributed by atoms with Crippen LogP contribution in [0.4, 0.5) is 11.4 Å².